The molecule has 0 radical (unpaired) electrons. The molecule has 1 amide bonds. The molecule has 1 N–H and O–H groups in total. The molecule has 0 aliphatic carbocycles. The molecule has 26 heavy (non-hydrogen) atoms. The van der Waals surface area contributed by atoms with Crippen LogP contribution in [0.4, 0.5) is 0 Å². The number of carboxylic acid groups (broad SMARTS) is 1. The highest BCUT2D eigenvalue weighted by Gasteiger charge is 2.33. The summed E-state index contributed by atoms with van der Waals surface area (Å²) in [5, 5.41) is 16.8. The summed E-state index contributed by atoms with van der Waals surface area (Å²) >= 11 is 1.59. The van der Waals surface area contributed by atoms with Gasteiger partial charge in [-0.3, -0.25) is 9.59 Å². The van der Waals surface area contributed by atoms with Crippen molar-refractivity contribution in [3.05, 3.63) is 52.2 Å². The molecule has 0 bridgehead atoms. The molecule has 0 spiro atoms. The van der Waals surface area contributed by atoms with E-state index in [1.807, 2.05) is 41.8 Å². The summed E-state index contributed by atoms with van der Waals surface area (Å²) in [6.07, 6.45) is 1.09. The molecule has 1 aliphatic rings. The van der Waals surface area contributed by atoms with Crippen molar-refractivity contribution in [1.29, 1.82) is 0 Å². The fraction of sp³-hybridized carbons (Fsp3) is 0.316. The molecule has 6 nitrogen and oxygen atoms in total. The molecule has 1 aromatic carbocycles. The Morgan fingerprint density at radius 1 is 1.27 bits per heavy atom. The Kier molecular flexibility index (Phi) is 5.68. The highest BCUT2D eigenvalue weighted by molar-refractivity contribution is 7.12. The van der Waals surface area contributed by atoms with E-state index in [0.29, 0.717) is 12.8 Å². The maximum absolute atomic E-state index is 12.7. The summed E-state index contributed by atoms with van der Waals surface area (Å²) in [5.74, 6) is -0.294. The van der Waals surface area contributed by atoms with Crippen LogP contribution in [0.3, 0.4) is 0 Å². The van der Waals surface area contributed by atoms with Crippen molar-refractivity contribution in [2.75, 3.05) is 7.11 Å². The molecule has 2 aromatic rings. The summed E-state index contributed by atoms with van der Waals surface area (Å²) in [4.78, 5) is 24.4. The van der Waals surface area contributed by atoms with Crippen molar-refractivity contribution in [3.63, 3.8) is 0 Å². The van der Waals surface area contributed by atoms with Gasteiger partial charge in [0.1, 0.15) is 5.75 Å². The maximum atomic E-state index is 12.7. The van der Waals surface area contributed by atoms with Gasteiger partial charge in [0.2, 0.25) is 5.91 Å². The van der Waals surface area contributed by atoms with Gasteiger partial charge < -0.3 is 9.84 Å². The minimum absolute atomic E-state index is 0.0196. The number of carboxylic acids is 1. The quantitative estimate of drug-likeness (QED) is 0.804. The first-order valence-electron chi connectivity index (χ1n) is 8.37. The Morgan fingerprint density at radius 2 is 2.04 bits per heavy atom. The number of thiophene rings is 1. The average molecular weight is 372 g/mol. The van der Waals surface area contributed by atoms with Crippen LogP contribution in [0.5, 0.6) is 5.75 Å². The van der Waals surface area contributed by atoms with Gasteiger partial charge in [-0.15, -0.1) is 11.3 Å². The predicted molar refractivity (Wildman–Crippen MR) is 99.5 cm³/mol. The molecule has 1 atom stereocenters. The van der Waals surface area contributed by atoms with Gasteiger partial charge in [0, 0.05) is 19.3 Å². The summed E-state index contributed by atoms with van der Waals surface area (Å²) in [6, 6.07) is 11.4. The van der Waals surface area contributed by atoms with Gasteiger partial charge in [0.25, 0.3) is 0 Å². The third kappa shape index (κ3) is 4.11. The van der Waals surface area contributed by atoms with E-state index in [4.69, 9.17) is 9.84 Å². The zero-order valence-electron chi connectivity index (χ0n) is 14.4. The molecule has 1 unspecified atom stereocenters. The highest BCUT2D eigenvalue weighted by atomic mass is 32.1. The monoisotopic (exact) mass is 372 g/mol. The Morgan fingerprint density at radius 3 is 2.65 bits per heavy atom. The SMILES string of the molecule is COc1ccc(C2CC(c3cccs3)=NN2C(=O)CCCC(=O)O)cc1. The Bertz CT molecular complexity index is 799. The number of rotatable bonds is 7. The normalized spacial score (nSPS) is 16.4. The number of nitrogens with zero attached hydrogens (tertiary/aromatic N) is 2. The lowest BCUT2D eigenvalue weighted by molar-refractivity contribution is -0.137. The van der Waals surface area contributed by atoms with E-state index in [0.717, 1.165) is 21.9 Å². The predicted octanol–water partition coefficient (Wildman–Crippen LogP) is 3.69. The Labute approximate surface area is 155 Å². The number of hydrogen-bond acceptors (Lipinski definition) is 5. The number of carbonyl (C=O) groups excluding carboxylic acids is 1. The second-order valence-electron chi connectivity index (χ2n) is 6.00. The van der Waals surface area contributed by atoms with Gasteiger partial charge >= 0.3 is 5.97 Å². The molecule has 1 aliphatic heterocycles. The van der Waals surface area contributed by atoms with Gasteiger partial charge in [-0.25, -0.2) is 5.01 Å². The maximum Gasteiger partial charge on any atom is 0.303 e. The van der Waals surface area contributed by atoms with Gasteiger partial charge in [-0.1, -0.05) is 18.2 Å². The van der Waals surface area contributed by atoms with Crippen LogP contribution in [0.15, 0.2) is 46.9 Å². The van der Waals surface area contributed by atoms with Crippen molar-refractivity contribution < 1.29 is 19.4 Å². The lowest BCUT2D eigenvalue weighted by Gasteiger charge is -2.22. The molecule has 0 fully saturated rings. The number of ether oxygens (including phenoxy) is 1. The first kappa shape index (κ1) is 18.1. The smallest absolute Gasteiger partial charge is 0.303 e. The van der Waals surface area contributed by atoms with Crippen molar-refractivity contribution >= 4 is 28.9 Å². The van der Waals surface area contributed by atoms with Crippen LogP contribution < -0.4 is 4.74 Å². The van der Waals surface area contributed by atoms with Crippen LogP contribution >= 0.6 is 11.3 Å². The van der Waals surface area contributed by atoms with E-state index in [9.17, 15) is 9.59 Å². The summed E-state index contributed by atoms with van der Waals surface area (Å²) in [6.45, 7) is 0. The third-order valence-electron chi connectivity index (χ3n) is 4.25. The van der Waals surface area contributed by atoms with Crippen molar-refractivity contribution in [3.8, 4) is 5.75 Å². The molecule has 3 rings (SSSR count). The van der Waals surface area contributed by atoms with E-state index in [1.165, 1.54) is 5.01 Å². The van der Waals surface area contributed by atoms with Crippen LogP contribution in [0.1, 0.15) is 42.2 Å². The first-order chi connectivity index (χ1) is 12.6. The largest absolute Gasteiger partial charge is 0.497 e. The van der Waals surface area contributed by atoms with Crippen LogP contribution in [0.25, 0.3) is 0 Å². The van der Waals surface area contributed by atoms with Crippen molar-refractivity contribution in [2.24, 2.45) is 5.10 Å². The second kappa shape index (κ2) is 8.14. The van der Waals surface area contributed by atoms with E-state index in [1.54, 1.807) is 18.4 Å². The standard InChI is InChI=1S/C19H20N2O4S/c1-25-14-9-7-13(8-10-14)16-12-15(17-4-3-11-26-17)20-21(16)18(22)5-2-6-19(23)24/h3-4,7-11,16H,2,5-6,12H2,1H3,(H,23,24). The number of benzene rings is 1. The number of hydrazone groups is 1. The van der Waals surface area contributed by atoms with Gasteiger partial charge in [-0.05, 0) is 35.6 Å². The van der Waals surface area contributed by atoms with Crippen molar-refractivity contribution in [2.45, 2.75) is 31.7 Å². The van der Waals surface area contributed by atoms with Crippen LogP contribution in [0.2, 0.25) is 0 Å². The minimum atomic E-state index is -0.895. The summed E-state index contributed by atoms with van der Waals surface area (Å²) in [5.41, 5.74) is 1.86. The fourth-order valence-corrected chi connectivity index (χ4v) is 3.64. The number of hydrogen-bond donors (Lipinski definition) is 1. The molecule has 0 saturated carbocycles. The minimum Gasteiger partial charge on any atom is -0.497 e. The highest BCUT2D eigenvalue weighted by Crippen LogP contribution is 2.35. The molecular weight excluding hydrogens is 352 g/mol. The van der Waals surface area contributed by atoms with E-state index < -0.39 is 5.97 Å². The van der Waals surface area contributed by atoms with Gasteiger partial charge in [0.05, 0.1) is 23.7 Å². The molecule has 1 aromatic heterocycles. The number of aliphatic carboxylic acids is 1. The summed E-state index contributed by atoms with van der Waals surface area (Å²) in [7, 11) is 1.61. The topological polar surface area (TPSA) is 79.2 Å². The molecular formula is C19H20N2O4S. The van der Waals surface area contributed by atoms with E-state index in [2.05, 4.69) is 5.10 Å². The number of carbonyl (C=O) groups is 2. The molecule has 136 valence electrons. The lowest BCUT2D eigenvalue weighted by atomic mass is 10.0. The Balaban J connectivity index is 1.81. The number of methoxy groups -OCH3 is 1. The van der Waals surface area contributed by atoms with Crippen LogP contribution in [-0.4, -0.2) is 34.8 Å². The van der Waals surface area contributed by atoms with E-state index in [-0.39, 0.29) is 24.8 Å². The third-order valence-corrected chi connectivity index (χ3v) is 5.17. The first-order valence-corrected chi connectivity index (χ1v) is 9.25. The zero-order chi connectivity index (χ0) is 18.5. The lowest BCUT2D eigenvalue weighted by Crippen LogP contribution is -2.27. The van der Waals surface area contributed by atoms with Gasteiger partial charge in [0.15, 0.2) is 0 Å². The van der Waals surface area contributed by atoms with Crippen LogP contribution in [0, 0.1) is 0 Å². The van der Waals surface area contributed by atoms with Crippen LogP contribution in [-0.2, 0) is 9.59 Å². The van der Waals surface area contributed by atoms with Gasteiger partial charge in [-0.2, -0.15) is 5.10 Å². The second-order valence-corrected chi connectivity index (χ2v) is 6.95. The van der Waals surface area contributed by atoms with Crippen molar-refractivity contribution in [1.82, 2.24) is 5.01 Å². The molecule has 2 heterocycles. The average Bonchev–Trinajstić information content (AvgIpc) is 3.31. The zero-order valence-corrected chi connectivity index (χ0v) is 15.2. The molecule has 7 heteroatoms. The molecule has 0 saturated heterocycles. The number of amides is 1. The summed E-state index contributed by atoms with van der Waals surface area (Å²) < 4.78 is 5.20. The Hall–Kier alpha value is -2.67. The van der Waals surface area contributed by atoms with E-state index >= 15 is 0 Å². The fourth-order valence-electron chi connectivity index (χ4n) is 2.92.